The van der Waals surface area contributed by atoms with Crippen molar-refractivity contribution in [3.05, 3.63) is 51.6 Å². The van der Waals surface area contributed by atoms with Crippen molar-refractivity contribution in [1.82, 2.24) is 0 Å². The maximum atomic E-state index is 11.5. The number of ether oxygens (including phenoxy) is 2. The van der Waals surface area contributed by atoms with Gasteiger partial charge in [0, 0.05) is 17.7 Å². The van der Waals surface area contributed by atoms with Gasteiger partial charge in [0.25, 0.3) is 0 Å². The van der Waals surface area contributed by atoms with E-state index in [0.29, 0.717) is 29.7 Å². The standard InChI is InChI=1S/C18H23NO5/c1-5-7-8-14-11-15(13(3)10-17(20)23-4)12-16(19(21)22)18(14)24-9-6-2/h5,7,10-12H,6,8-9H2,1-4H3/b7-5+,13-10-. The number of allylic oxidation sites excluding steroid dienone is 3. The maximum Gasteiger partial charge on any atom is 0.330 e. The van der Waals surface area contributed by atoms with Crippen molar-refractivity contribution in [1.29, 1.82) is 0 Å². The lowest BCUT2D eigenvalue weighted by molar-refractivity contribution is -0.386. The molecule has 0 heterocycles. The van der Waals surface area contributed by atoms with Gasteiger partial charge in [-0.3, -0.25) is 10.1 Å². The van der Waals surface area contributed by atoms with Crippen LogP contribution in [0.2, 0.25) is 0 Å². The van der Waals surface area contributed by atoms with Crippen molar-refractivity contribution < 1.29 is 19.2 Å². The Morgan fingerprint density at radius 2 is 2.08 bits per heavy atom. The van der Waals surface area contributed by atoms with E-state index in [0.717, 1.165) is 6.42 Å². The molecule has 1 aromatic rings. The molecule has 1 rings (SSSR count). The molecule has 0 aliphatic carbocycles. The van der Waals surface area contributed by atoms with Crippen LogP contribution in [-0.4, -0.2) is 24.6 Å². The molecule has 0 aliphatic heterocycles. The summed E-state index contributed by atoms with van der Waals surface area (Å²) in [5, 5.41) is 11.5. The van der Waals surface area contributed by atoms with Crippen LogP contribution in [0.5, 0.6) is 5.75 Å². The topological polar surface area (TPSA) is 78.7 Å². The van der Waals surface area contributed by atoms with Gasteiger partial charge in [-0.15, -0.1) is 0 Å². The zero-order valence-corrected chi connectivity index (χ0v) is 14.5. The molecule has 0 amide bonds. The van der Waals surface area contributed by atoms with E-state index in [2.05, 4.69) is 4.74 Å². The molecule has 0 saturated carbocycles. The lowest BCUT2D eigenvalue weighted by Crippen LogP contribution is -2.04. The Kier molecular flexibility index (Phi) is 7.68. The molecule has 0 atom stereocenters. The fourth-order valence-corrected chi connectivity index (χ4v) is 2.12. The van der Waals surface area contributed by atoms with Crippen LogP contribution in [0.25, 0.3) is 5.57 Å². The molecule has 24 heavy (non-hydrogen) atoms. The van der Waals surface area contributed by atoms with Gasteiger partial charge in [-0.1, -0.05) is 19.1 Å². The summed E-state index contributed by atoms with van der Waals surface area (Å²) in [4.78, 5) is 22.4. The number of rotatable bonds is 8. The molecule has 0 N–H and O–H groups in total. The highest BCUT2D eigenvalue weighted by Gasteiger charge is 2.21. The predicted octanol–water partition coefficient (Wildman–Crippen LogP) is 4.08. The zero-order chi connectivity index (χ0) is 18.1. The highest BCUT2D eigenvalue weighted by molar-refractivity contribution is 5.91. The van der Waals surface area contributed by atoms with Crippen LogP contribution < -0.4 is 4.74 Å². The van der Waals surface area contributed by atoms with Gasteiger partial charge in [0.1, 0.15) is 0 Å². The smallest absolute Gasteiger partial charge is 0.330 e. The summed E-state index contributed by atoms with van der Waals surface area (Å²) in [5.74, 6) is -0.217. The largest absolute Gasteiger partial charge is 0.487 e. The SMILES string of the molecule is C/C=C/Cc1cc(/C(C)=C\C(=O)OC)cc([N+](=O)[O-])c1OCCC. The Morgan fingerprint density at radius 1 is 1.38 bits per heavy atom. The van der Waals surface area contributed by atoms with Gasteiger partial charge in [-0.2, -0.15) is 0 Å². The monoisotopic (exact) mass is 333 g/mol. The number of benzene rings is 1. The van der Waals surface area contributed by atoms with Crippen molar-refractivity contribution >= 4 is 17.2 Å². The van der Waals surface area contributed by atoms with E-state index in [9.17, 15) is 14.9 Å². The van der Waals surface area contributed by atoms with Crippen LogP contribution in [-0.2, 0) is 16.0 Å². The molecule has 1 aromatic carbocycles. The minimum Gasteiger partial charge on any atom is -0.487 e. The number of carbonyl (C=O) groups is 1. The number of carbonyl (C=O) groups excluding carboxylic acids is 1. The minimum atomic E-state index is -0.503. The van der Waals surface area contributed by atoms with Gasteiger partial charge in [0.05, 0.1) is 18.6 Å². The second kappa shape index (κ2) is 9.50. The number of methoxy groups -OCH3 is 1. The van der Waals surface area contributed by atoms with Gasteiger partial charge < -0.3 is 9.47 Å². The van der Waals surface area contributed by atoms with Crippen molar-refractivity contribution in [2.45, 2.75) is 33.6 Å². The van der Waals surface area contributed by atoms with Crippen molar-refractivity contribution in [2.75, 3.05) is 13.7 Å². The number of esters is 1. The highest BCUT2D eigenvalue weighted by Crippen LogP contribution is 2.35. The predicted molar refractivity (Wildman–Crippen MR) is 93.1 cm³/mol. The quantitative estimate of drug-likeness (QED) is 0.235. The molecule has 6 nitrogen and oxygen atoms in total. The van der Waals surface area contributed by atoms with E-state index in [1.54, 1.807) is 6.92 Å². The highest BCUT2D eigenvalue weighted by atomic mass is 16.6. The molecule has 6 heteroatoms. The molecule has 0 fully saturated rings. The first kappa shape index (κ1) is 19.4. The summed E-state index contributed by atoms with van der Waals surface area (Å²) >= 11 is 0. The van der Waals surface area contributed by atoms with Gasteiger partial charge in [-0.25, -0.2) is 4.79 Å². The Balaban J connectivity index is 3.47. The van der Waals surface area contributed by atoms with Gasteiger partial charge in [0.2, 0.25) is 5.75 Å². The second-order valence-corrected chi connectivity index (χ2v) is 5.21. The van der Waals surface area contributed by atoms with E-state index in [4.69, 9.17) is 4.74 Å². The number of nitro benzene ring substituents is 1. The van der Waals surface area contributed by atoms with Crippen LogP contribution in [0.1, 0.15) is 38.3 Å². The summed E-state index contributed by atoms with van der Waals surface area (Å²) in [5.41, 5.74) is 1.80. The third-order valence-corrected chi connectivity index (χ3v) is 3.36. The van der Waals surface area contributed by atoms with E-state index < -0.39 is 10.9 Å². The van der Waals surface area contributed by atoms with Crippen LogP contribution >= 0.6 is 0 Å². The maximum absolute atomic E-state index is 11.5. The number of nitro groups is 1. The van der Waals surface area contributed by atoms with Gasteiger partial charge in [0.15, 0.2) is 0 Å². The van der Waals surface area contributed by atoms with Crippen LogP contribution in [0.15, 0.2) is 30.4 Å². The normalized spacial score (nSPS) is 11.6. The van der Waals surface area contributed by atoms with E-state index >= 15 is 0 Å². The fourth-order valence-electron chi connectivity index (χ4n) is 2.12. The molecule has 0 radical (unpaired) electrons. The van der Waals surface area contributed by atoms with Gasteiger partial charge >= 0.3 is 11.7 Å². The first-order valence-corrected chi connectivity index (χ1v) is 7.76. The Labute approximate surface area is 141 Å². The van der Waals surface area contributed by atoms with Crippen LogP contribution in [0, 0.1) is 10.1 Å². The van der Waals surface area contributed by atoms with Crippen LogP contribution in [0.3, 0.4) is 0 Å². The minimum absolute atomic E-state index is 0.0990. The first-order valence-electron chi connectivity index (χ1n) is 7.76. The van der Waals surface area contributed by atoms with E-state index in [1.807, 2.05) is 32.1 Å². The molecular formula is C18H23NO5. The zero-order valence-electron chi connectivity index (χ0n) is 14.5. The average molecular weight is 333 g/mol. The molecule has 0 spiro atoms. The second-order valence-electron chi connectivity index (χ2n) is 5.21. The van der Waals surface area contributed by atoms with Crippen molar-refractivity contribution in [3.8, 4) is 5.75 Å². The number of nitrogens with zero attached hydrogens (tertiary/aromatic N) is 1. The molecule has 0 aliphatic rings. The van der Waals surface area contributed by atoms with Crippen LogP contribution in [0.4, 0.5) is 5.69 Å². The summed E-state index contributed by atoms with van der Waals surface area (Å²) in [6.07, 6.45) is 6.35. The Morgan fingerprint density at radius 3 is 2.62 bits per heavy atom. The van der Waals surface area contributed by atoms with Crippen molar-refractivity contribution in [3.63, 3.8) is 0 Å². The Hall–Kier alpha value is -2.63. The van der Waals surface area contributed by atoms with E-state index in [1.165, 1.54) is 19.3 Å². The average Bonchev–Trinajstić information content (AvgIpc) is 2.57. The molecule has 0 saturated heterocycles. The Bertz CT molecular complexity index is 662. The summed E-state index contributed by atoms with van der Waals surface area (Å²) in [6.45, 7) is 5.93. The lowest BCUT2D eigenvalue weighted by atomic mass is 10.00. The molecule has 130 valence electrons. The molecular weight excluding hydrogens is 310 g/mol. The molecule has 0 unspecified atom stereocenters. The third-order valence-electron chi connectivity index (χ3n) is 3.36. The summed E-state index contributed by atoms with van der Waals surface area (Å²) in [7, 11) is 1.29. The number of hydrogen-bond acceptors (Lipinski definition) is 5. The summed E-state index contributed by atoms with van der Waals surface area (Å²) in [6, 6.07) is 3.24. The van der Waals surface area contributed by atoms with Gasteiger partial charge in [-0.05, 0) is 43.9 Å². The first-order chi connectivity index (χ1) is 11.4. The summed E-state index contributed by atoms with van der Waals surface area (Å²) < 4.78 is 10.2. The number of hydrogen-bond donors (Lipinski definition) is 0. The fraction of sp³-hybridized carbons (Fsp3) is 0.389. The van der Waals surface area contributed by atoms with Crippen molar-refractivity contribution in [2.24, 2.45) is 0 Å². The molecule has 0 bridgehead atoms. The van der Waals surface area contributed by atoms with E-state index in [-0.39, 0.29) is 11.4 Å². The third kappa shape index (κ3) is 5.22. The lowest BCUT2D eigenvalue weighted by Gasteiger charge is -2.13. The molecule has 0 aromatic heterocycles.